The van der Waals surface area contributed by atoms with Crippen LogP contribution in [0.25, 0.3) is 0 Å². The molecule has 0 aromatic heterocycles. The Morgan fingerprint density at radius 1 is 1.41 bits per heavy atom. The predicted octanol–water partition coefficient (Wildman–Crippen LogP) is 1.18. The maximum Gasteiger partial charge on any atom is 0.164 e. The minimum Gasteiger partial charge on any atom is -0.504 e. The van der Waals surface area contributed by atoms with Crippen molar-refractivity contribution in [3.05, 3.63) is 17.7 Å². The van der Waals surface area contributed by atoms with Gasteiger partial charge < -0.3 is 20.3 Å². The molecule has 17 heavy (non-hydrogen) atoms. The summed E-state index contributed by atoms with van der Waals surface area (Å²) in [5.74, 6) is 1.08. The number of hydrogen-bond acceptors (Lipinski definition) is 5. The zero-order valence-corrected chi connectivity index (χ0v) is 9.90. The predicted molar refractivity (Wildman–Crippen MR) is 64.9 cm³/mol. The van der Waals surface area contributed by atoms with E-state index in [0.717, 1.165) is 18.9 Å². The summed E-state index contributed by atoms with van der Waals surface area (Å²) in [5.41, 5.74) is 0.524. The van der Waals surface area contributed by atoms with Gasteiger partial charge in [-0.25, -0.2) is 0 Å². The molecule has 5 nitrogen and oxygen atoms in total. The normalized spacial score (nSPS) is 16.2. The van der Waals surface area contributed by atoms with Gasteiger partial charge >= 0.3 is 0 Å². The molecule has 1 aromatic carbocycles. The van der Waals surface area contributed by atoms with E-state index >= 15 is 0 Å². The highest BCUT2D eigenvalue weighted by molar-refractivity contribution is 5.87. The molecule has 92 valence electrons. The van der Waals surface area contributed by atoms with Gasteiger partial charge in [-0.2, -0.15) is 0 Å². The first kappa shape index (κ1) is 11.6. The van der Waals surface area contributed by atoms with Crippen LogP contribution in [-0.2, 0) is 0 Å². The van der Waals surface area contributed by atoms with Crippen molar-refractivity contribution < 1.29 is 14.9 Å². The van der Waals surface area contributed by atoms with E-state index in [1.165, 1.54) is 6.07 Å². The maximum atomic E-state index is 9.59. The van der Waals surface area contributed by atoms with E-state index in [0.29, 0.717) is 11.3 Å². The van der Waals surface area contributed by atoms with Crippen molar-refractivity contribution in [1.29, 1.82) is 0 Å². The minimum atomic E-state index is -0.194. The van der Waals surface area contributed by atoms with Crippen molar-refractivity contribution in [2.24, 2.45) is 4.99 Å². The Morgan fingerprint density at radius 3 is 2.82 bits per heavy atom. The zero-order valence-electron chi connectivity index (χ0n) is 9.90. The molecule has 3 N–H and O–H groups in total. The van der Waals surface area contributed by atoms with Crippen LogP contribution in [0, 0.1) is 6.92 Å². The smallest absolute Gasteiger partial charge is 0.164 e. The Labute approximate surface area is 99.8 Å². The average molecular weight is 236 g/mol. The third-order valence-electron chi connectivity index (χ3n) is 2.75. The van der Waals surface area contributed by atoms with Gasteiger partial charge in [0.1, 0.15) is 11.6 Å². The first-order valence-corrected chi connectivity index (χ1v) is 5.56. The lowest BCUT2D eigenvalue weighted by Crippen LogP contribution is -2.33. The molecule has 0 aliphatic carbocycles. The number of nitrogens with one attached hydrogen (secondary N) is 1. The van der Waals surface area contributed by atoms with Gasteiger partial charge in [0, 0.05) is 12.1 Å². The highest BCUT2D eigenvalue weighted by Crippen LogP contribution is 2.35. The van der Waals surface area contributed by atoms with Gasteiger partial charge in [0.05, 0.1) is 6.54 Å². The number of phenolic OH excluding ortho intramolecular Hbond substituents is 2. The van der Waals surface area contributed by atoms with Gasteiger partial charge in [-0.3, -0.25) is 4.99 Å². The first-order chi connectivity index (χ1) is 8.09. The molecular formula is C12H16N2O3. The molecule has 0 fully saturated rings. The highest BCUT2D eigenvalue weighted by atomic mass is 16.5. The van der Waals surface area contributed by atoms with Crippen molar-refractivity contribution in [2.45, 2.75) is 20.0 Å². The third-order valence-corrected chi connectivity index (χ3v) is 2.75. The van der Waals surface area contributed by atoms with Gasteiger partial charge in [0.2, 0.25) is 0 Å². The van der Waals surface area contributed by atoms with Crippen LogP contribution in [0.15, 0.2) is 17.1 Å². The molecule has 1 aromatic rings. The van der Waals surface area contributed by atoms with Crippen LogP contribution < -0.4 is 10.1 Å². The van der Waals surface area contributed by atoms with Crippen molar-refractivity contribution in [3.8, 4) is 17.2 Å². The topological polar surface area (TPSA) is 74.1 Å². The molecule has 1 unspecified atom stereocenters. The fourth-order valence-corrected chi connectivity index (χ4v) is 1.73. The number of amidine groups is 1. The Morgan fingerprint density at radius 2 is 2.18 bits per heavy atom. The number of nitrogens with zero attached hydrogens (tertiary/aromatic N) is 1. The van der Waals surface area contributed by atoms with Crippen LogP contribution >= 0.6 is 0 Å². The van der Waals surface area contributed by atoms with Gasteiger partial charge in [-0.05, 0) is 26.0 Å². The summed E-state index contributed by atoms with van der Waals surface area (Å²) < 4.78 is 5.70. The largest absolute Gasteiger partial charge is 0.504 e. The molecule has 0 radical (unpaired) electrons. The first-order valence-electron chi connectivity index (χ1n) is 5.56. The van der Waals surface area contributed by atoms with Gasteiger partial charge in [0.15, 0.2) is 17.6 Å². The number of hydrogen-bond donors (Lipinski definition) is 3. The lowest BCUT2D eigenvalue weighted by atomic mass is 10.2. The Bertz CT molecular complexity index is 457. The number of aromatic hydroxyl groups is 2. The summed E-state index contributed by atoms with van der Waals surface area (Å²) in [5, 5.41) is 22.1. The van der Waals surface area contributed by atoms with Crippen LogP contribution in [0.2, 0.25) is 0 Å². The third kappa shape index (κ3) is 2.27. The number of ether oxygens (including phenoxy) is 1. The second-order valence-corrected chi connectivity index (χ2v) is 4.01. The van der Waals surface area contributed by atoms with Crippen LogP contribution in [-0.4, -0.2) is 35.2 Å². The molecular weight excluding hydrogens is 220 g/mol. The number of benzene rings is 1. The highest BCUT2D eigenvalue weighted by Gasteiger charge is 2.17. The van der Waals surface area contributed by atoms with Crippen LogP contribution in [0.5, 0.6) is 17.2 Å². The Hall–Kier alpha value is -1.91. The van der Waals surface area contributed by atoms with Gasteiger partial charge in [0.25, 0.3) is 0 Å². The Balaban J connectivity index is 2.16. The van der Waals surface area contributed by atoms with Gasteiger partial charge in [-0.1, -0.05) is 0 Å². The van der Waals surface area contributed by atoms with E-state index < -0.39 is 0 Å². The van der Waals surface area contributed by atoms with E-state index in [2.05, 4.69) is 10.3 Å². The van der Waals surface area contributed by atoms with E-state index in [9.17, 15) is 10.2 Å². The van der Waals surface area contributed by atoms with Crippen LogP contribution in [0.4, 0.5) is 0 Å². The summed E-state index contributed by atoms with van der Waals surface area (Å²) in [7, 11) is 0. The molecule has 1 aliphatic rings. The van der Waals surface area contributed by atoms with E-state index in [1.807, 2.05) is 6.92 Å². The lowest BCUT2D eigenvalue weighted by molar-refractivity contribution is 0.279. The Kier molecular flexibility index (Phi) is 3.08. The summed E-state index contributed by atoms with van der Waals surface area (Å²) in [6.45, 7) is 5.19. The fourth-order valence-electron chi connectivity index (χ4n) is 1.73. The maximum absolute atomic E-state index is 9.59. The second kappa shape index (κ2) is 4.53. The summed E-state index contributed by atoms with van der Waals surface area (Å²) in [6.07, 6.45) is -0.194. The minimum absolute atomic E-state index is 0.140. The molecule has 0 saturated carbocycles. The second-order valence-electron chi connectivity index (χ2n) is 4.01. The molecule has 0 amide bonds. The molecule has 1 atom stereocenters. The summed E-state index contributed by atoms with van der Waals surface area (Å²) in [4.78, 5) is 4.27. The number of rotatable bonds is 3. The number of phenols is 2. The SMILES string of the molecule is Cc1c(OC(C)C2=NCCN2)ccc(O)c1O. The number of aliphatic imine (C=N–C) groups is 1. The van der Waals surface area contributed by atoms with E-state index in [4.69, 9.17) is 4.74 Å². The zero-order chi connectivity index (χ0) is 12.4. The lowest BCUT2D eigenvalue weighted by Gasteiger charge is -2.17. The van der Waals surface area contributed by atoms with Crippen molar-refractivity contribution in [1.82, 2.24) is 5.32 Å². The summed E-state index contributed by atoms with van der Waals surface area (Å²) in [6, 6.07) is 3.05. The molecule has 1 aliphatic heterocycles. The quantitative estimate of drug-likeness (QED) is 0.689. The van der Waals surface area contributed by atoms with Gasteiger partial charge in [-0.15, -0.1) is 0 Å². The summed E-state index contributed by atoms with van der Waals surface area (Å²) >= 11 is 0. The molecule has 1 heterocycles. The molecule has 0 bridgehead atoms. The van der Waals surface area contributed by atoms with Crippen molar-refractivity contribution >= 4 is 5.84 Å². The average Bonchev–Trinajstić information content (AvgIpc) is 2.83. The fraction of sp³-hybridized carbons (Fsp3) is 0.417. The van der Waals surface area contributed by atoms with Crippen molar-refractivity contribution in [3.63, 3.8) is 0 Å². The van der Waals surface area contributed by atoms with E-state index in [1.54, 1.807) is 13.0 Å². The van der Waals surface area contributed by atoms with E-state index in [-0.39, 0.29) is 17.6 Å². The monoisotopic (exact) mass is 236 g/mol. The molecule has 0 saturated heterocycles. The standard InChI is InChI=1S/C12H16N2O3/c1-7-10(4-3-9(15)11(7)16)17-8(2)12-13-5-6-14-12/h3-4,8,15-16H,5-6H2,1-2H3,(H,13,14). The van der Waals surface area contributed by atoms with Crippen LogP contribution in [0.3, 0.4) is 0 Å². The van der Waals surface area contributed by atoms with Crippen LogP contribution in [0.1, 0.15) is 12.5 Å². The molecule has 0 spiro atoms. The van der Waals surface area contributed by atoms with Crippen molar-refractivity contribution in [2.75, 3.05) is 13.1 Å². The molecule has 2 rings (SSSR count). The molecule has 5 heteroatoms.